The Kier molecular flexibility index (Phi) is 4.04. The molecule has 0 radical (unpaired) electrons. The normalized spacial score (nSPS) is 25.5. The Morgan fingerprint density at radius 1 is 1.26 bits per heavy atom. The number of aromatic nitrogens is 1. The number of aromatic amines is 1. The van der Waals surface area contributed by atoms with Gasteiger partial charge in [-0.2, -0.15) is 0 Å². The van der Waals surface area contributed by atoms with E-state index >= 15 is 0 Å². The molecule has 2 aromatic rings. The third-order valence-corrected chi connectivity index (χ3v) is 5.67. The van der Waals surface area contributed by atoms with Crippen LogP contribution in [0, 0.1) is 0 Å². The van der Waals surface area contributed by atoms with Crippen LogP contribution in [0.25, 0.3) is 10.9 Å². The van der Waals surface area contributed by atoms with Gasteiger partial charge in [0.15, 0.2) is 0 Å². The molecule has 4 heteroatoms. The average molecular weight is 313 g/mol. The van der Waals surface area contributed by atoms with Crippen molar-refractivity contribution in [3.63, 3.8) is 0 Å². The minimum atomic E-state index is 0.482. The fraction of sp³-hybridized carbons (Fsp3) is 0.579. The summed E-state index contributed by atoms with van der Waals surface area (Å²) in [6.45, 7) is 2.36. The highest BCUT2D eigenvalue weighted by Crippen LogP contribution is 2.35. The number of nitrogens with one attached hydrogen (secondary N) is 2. The molecule has 1 aromatic heterocycles. The van der Waals surface area contributed by atoms with Crippen LogP contribution in [0.15, 0.2) is 18.2 Å². The van der Waals surface area contributed by atoms with Crippen LogP contribution in [-0.2, 0) is 6.42 Å². The highest BCUT2D eigenvalue weighted by Gasteiger charge is 2.27. The minimum Gasteiger partial charge on any atom is -0.497 e. The minimum absolute atomic E-state index is 0.482. The molecule has 3 heterocycles. The van der Waals surface area contributed by atoms with Crippen molar-refractivity contribution in [2.75, 3.05) is 27.2 Å². The van der Waals surface area contributed by atoms with Crippen molar-refractivity contribution in [2.24, 2.45) is 0 Å². The van der Waals surface area contributed by atoms with Crippen LogP contribution in [0.3, 0.4) is 0 Å². The zero-order valence-electron chi connectivity index (χ0n) is 14.2. The van der Waals surface area contributed by atoms with Gasteiger partial charge in [0.1, 0.15) is 5.75 Å². The lowest BCUT2D eigenvalue weighted by Gasteiger charge is -2.21. The second-order valence-electron chi connectivity index (χ2n) is 7.06. The van der Waals surface area contributed by atoms with Crippen molar-refractivity contribution in [1.29, 1.82) is 0 Å². The Balaban J connectivity index is 1.77. The SMILES string of the molecule is COc1ccc2[nH]c(C3CCCN3)c(C[C@H]3CCCN3C)c2c1. The molecular formula is C19H27N3O. The van der Waals surface area contributed by atoms with Crippen molar-refractivity contribution in [3.05, 3.63) is 29.5 Å². The number of methoxy groups -OCH3 is 1. The first kappa shape index (κ1) is 15.0. The summed E-state index contributed by atoms with van der Waals surface area (Å²) in [6.07, 6.45) is 6.27. The fourth-order valence-corrected chi connectivity index (χ4v) is 4.30. The number of hydrogen-bond donors (Lipinski definition) is 2. The molecule has 0 bridgehead atoms. The summed E-state index contributed by atoms with van der Waals surface area (Å²) in [5.74, 6) is 0.948. The Bertz CT molecular complexity index is 687. The van der Waals surface area contributed by atoms with Gasteiger partial charge in [-0.1, -0.05) is 0 Å². The highest BCUT2D eigenvalue weighted by molar-refractivity contribution is 5.86. The second-order valence-corrected chi connectivity index (χ2v) is 7.06. The molecule has 1 unspecified atom stereocenters. The molecule has 4 nitrogen and oxygen atoms in total. The van der Waals surface area contributed by atoms with Crippen molar-refractivity contribution >= 4 is 10.9 Å². The van der Waals surface area contributed by atoms with E-state index in [2.05, 4.69) is 40.4 Å². The van der Waals surface area contributed by atoms with E-state index in [4.69, 9.17) is 4.74 Å². The molecule has 0 aliphatic carbocycles. The summed E-state index contributed by atoms with van der Waals surface area (Å²) in [7, 11) is 4.01. The van der Waals surface area contributed by atoms with Crippen LogP contribution in [0.2, 0.25) is 0 Å². The lowest BCUT2D eigenvalue weighted by Crippen LogP contribution is -2.27. The van der Waals surface area contributed by atoms with E-state index in [1.54, 1.807) is 7.11 Å². The summed E-state index contributed by atoms with van der Waals surface area (Å²) < 4.78 is 5.46. The van der Waals surface area contributed by atoms with Crippen molar-refractivity contribution < 1.29 is 4.74 Å². The molecule has 2 saturated heterocycles. The molecule has 23 heavy (non-hydrogen) atoms. The smallest absolute Gasteiger partial charge is 0.119 e. The molecule has 0 saturated carbocycles. The molecule has 4 rings (SSSR count). The Morgan fingerprint density at radius 2 is 2.17 bits per heavy atom. The summed E-state index contributed by atoms with van der Waals surface area (Å²) in [5, 5.41) is 5.00. The van der Waals surface area contributed by atoms with Gasteiger partial charge in [0.25, 0.3) is 0 Å². The highest BCUT2D eigenvalue weighted by atomic mass is 16.5. The fourth-order valence-electron chi connectivity index (χ4n) is 4.30. The molecule has 2 aliphatic heterocycles. The molecule has 0 spiro atoms. The van der Waals surface area contributed by atoms with Gasteiger partial charge in [0.05, 0.1) is 7.11 Å². The maximum atomic E-state index is 5.46. The van der Waals surface area contributed by atoms with E-state index in [9.17, 15) is 0 Å². The number of likely N-dealkylation sites (N-methyl/N-ethyl adjacent to an activating group) is 1. The number of H-pyrrole nitrogens is 1. The topological polar surface area (TPSA) is 40.3 Å². The van der Waals surface area contributed by atoms with Crippen LogP contribution >= 0.6 is 0 Å². The summed E-state index contributed by atoms with van der Waals surface area (Å²) in [6, 6.07) is 7.56. The zero-order valence-corrected chi connectivity index (χ0v) is 14.2. The van der Waals surface area contributed by atoms with E-state index in [-0.39, 0.29) is 0 Å². The number of rotatable bonds is 4. The van der Waals surface area contributed by atoms with Crippen LogP contribution in [0.5, 0.6) is 5.75 Å². The number of nitrogens with zero attached hydrogens (tertiary/aromatic N) is 1. The number of benzene rings is 1. The largest absolute Gasteiger partial charge is 0.497 e. The molecule has 1 aromatic carbocycles. The third-order valence-electron chi connectivity index (χ3n) is 5.67. The van der Waals surface area contributed by atoms with Crippen molar-refractivity contribution in [2.45, 2.75) is 44.2 Å². The van der Waals surface area contributed by atoms with Crippen LogP contribution in [0.1, 0.15) is 43.0 Å². The zero-order chi connectivity index (χ0) is 15.8. The predicted octanol–water partition coefficient (Wildman–Crippen LogP) is 3.24. The maximum Gasteiger partial charge on any atom is 0.119 e. The van der Waals surface area contributed by atoms with E-state index in [1.165, 1.54) is 54.4 Å². The van der Waals surface area contributed by atoms with Crippen molar-refractivity contribution in [1.82, 2.24) is 15.2 Å². The average Bonchev–Trinajstić information content (AvgIpc) is 3.29. The van der Waals surface area contributed by atoms with Gasteiger partial charge in [0.2, 0.25) is 0 Å². The molecule has 2 atom stereocenters. The monoisotopic (exact) mass is 313 g/mol. The lowest BCUT2D eigenvalue weighted by atomic mass is 9.97. The van der Waals surface area contributed by atoms with Gasteiger partial charge in [-0.3, -0.25) is 0 Å². The van der Waals surface area contributed by atoms with Gasteiger partial charge in [-0.05, 0) is 76.0 Å². The first-order chi connectivity index (χ1) is 11.3. The van der Waals surface area contributed by atoms with Gasteiger partial charge in [-0.25, -0.2) is 0 Å². The molecule has 2 N–H and O–H groups in total. The van der Waals surface area contributed by atoms with E-state index in [0.717, 1.165) is 18.7 Å². The summed E-state index contributed by atoms with van der Waals surface area (Å²) >= 11 is 0. The van der Waals surface area contributed by atoms with Crippen LogP contribution in [0.4, 0.5) is 0 Å². The molecule has 2 fully saturated rings. The van der Waals surface area contributed by atoms with E-state index < -0.39 is 0 Å². The standard InChI is InChI=1S/C19H27N3O/c1-22-10-4-5-13(22)11-16-15-12-14(23-2)7-8-17(15)21-19(16)18-6-3-9-20-18/h7-8,12-13,18,20-21H,3-6,9-11H2,1-2H3/t13-,18?/m1/s1. The quantitative estimate of drug-likeness (QED) is 0.910. The molecule has 2 aliphatic rings. The van der Waals surface area contributed by atoms with Crippen LogP contribution < -0.4 is 10.1 Å². The van der Waals surface area contributed by atoms with Crippen molar-refractivity contribution in [3.8, 4) is 5.75 Å². The second kappa shape index (κ2) is 6.17. The first-order valence-electron chi connectivity index (χ1n) is 8.88. The summed E-state index contributed by atoms with van der Waals surface area (Å²) in [5.41, 5.74) is 4.15. The van der Waals surface area contributed by atoms with E-state index in [1.807, 2.05) is 0 Å². The predicted molar refractivity (Wildman–Crippen MR) is 94.2 cm³/mol. The Morgan fingerprint density at radius 3 is 2.87 bits per heavy atom. The third kappa shape index (κ3) is 2.74. The van der Waals surface area contributed by atoms with Gasteiger partial charge in [0, 0.05) is 28.7 Å². The number of fused-ring (bicyclic) bond motifs is 1. The van der Waals surface area contributed by atoms with Gasteiger partial charge in [-0.15, -0.1) is 0 Å². The molecule has 0 amide bonds. The number of ether oxygens (including phenoxy) is 1. The van der Waals surface area contributed by atoms with Gasteiger partial charge < -0.3 is 19.9 Å². The van der Waals surface area contributed by atoms with Gasteiger partial charge >= 0.3 is 0 Å². The number of likely N-dealkylation sites (tertiary alicyclic amines) is 1. The Hall–Kier alpha value is -1.52. The maximum absolute atomic E-state index is 5.46. The van der Waals surface area contributed by atoms with E-state index in [0.29, 0.717) is 12.1 Å². The molecule has 124 valence electrons. The number of hydrogen-bond acceptors (Lipinski definition) is 3. The Labute approximate surface area is 138 Å². The molecular weight excluding hydrogens is 286 g/mol. The first-order valence-corrected chi connectivity index (χ1v) is 8.88. The lowest BCUT2D eigenvalue weighted by molar-refractivity contribution is 0.309. The van der Waals surface area contributed by atoms with Crippen LogP contribution in [-0.4, -0.2) is 43.2 Å². The summed E-state index contributed by atoms with van der Waals surface area (Å²) in [4.78, 5) is 6.23.